The van der Waals surface area contributed by atoms with Gasteiger partial charge in [0.05, 0.1) is 24.4 Å². The van der Waals surface area contributed by atoms with Gasteiger partial charge in [-0.05, 0) is 39.0 Å². The lowest BCUT2D eigenvalue weighted by atomic mass is 10.0. The van der Waals surface area contributed by atoms with Crippen molar-refractivity contribution in [2.75, 3.05) is 18.5 Å². The van der Waals surface area contributed by atoms with Crippen LogP contribution < -0.4 is 5.32 Å². The van der Waals surface area contributed by atoms with E-state index in [4.69, 9.17) is 9.15 Å². The lowest BCUT2D eigenvalue weighted by molar-refractivity contribution is 0.0462. The van der Waals surface area contributed by atoms with Gasteiger partial charge in [0.25, 0.3) is 0 Å². The van der Waals surface area contributed by atoms with Crippen LogP contribution in [0.1, 0.15) is 35.9 Å². The number of aryl methyl sites for hydroxylation is 1. The molecule has 7 heteroatoms. The second-order valence-electron chi connectivity index (χ2n) is 6.20. The molecule has 3 rings (SSSR count). The van der Waals surface area contributed by atoms with Gasteiger partial charge in [-0.25, -0.2) is 4.79 Å². The molecule has 0 fully saturated rings. The maximum absolute atomic E-state index is 12.3. The van der Waals surface area contributed by atoms with Crippen molar-refractivity contribution in [1.29, 1.82) is 0 Å². The maximum atomic E-state index is 12.3. The minimum atomic E-state index is -1.27. The number of carbonyl (C=O) groups excluding carboxylic acids is 1. The topological polar surface area (TPSA) is 97.5 Å². The molecular weight excluding hydrogens is 334 g/mol. The fourth-order valence-corrected chi connectivity index (χ4v) is 2.65. The van der Waals surface area contributed by atoms with Crippen LogP contribution in [0.3, 0.4) is 0 Å². The zero-order chi connectivity index (χ0) is 18.7. The van der Waals surface area contributed by atoms with Crippen LogP contribution >= 0.6 is 0 Å². The van der Waals surface area contributed by atoms with E-state index in [0.29, 0.717) is 22.7 Å². The van der Waals surface area contributed by atoms with Gasteiger partial charge in [0.15, 0.2) is 5.69 Å². The first-order valence-corrected chi connectivity index (χ1v) is 8.38. The number of esters is 1. The molecule has 0 aliphatic heterocycles. The molecule has 2 heterocycles. The Morgan fingerprint density at radius 2 is 2.04 bits per heavy atom. The number of furan rings is 1. The van der Waals surface area contributed by atoms with Crippen molar-refractivity contribution in [1.82, 2.24) is 10.2 Å². The summed E-state index contributed by atoms with van der Waals surface area (Å²) in [5, 5.41) is 22.7. The van der Waals surface area contributed by atoms with Crippen LogP contribution in [0.5, 0.6) is 0 Å². The first-order chi connectivity index (χ1) is 12.4. The Hall–Kier alpha value is -2.93. The van der Waals surface area contributed by atoms with Crippen LogP contribution in [0.4, 0.5) is 5.69 Å². The lowest BCUT2D eigenvalue weighted by Gasteiger charge is -2.23. The summed E-state index contributed by atoms with van der Waals surface area (Å²) in [7, 11) is 0. The number of nitrogens with one attached hydrogen (secondary N) is 1. The van der Waals surface area contributed by atoms with Gasteiger partial charge in [0.2, 0.25) is 0 Å². The average Bonchev–Trinajstić information content (AvgIpc) is 3.07. The molecule has 1 atom stereocenters. The fourth-order valence-electron chi connectivity index (χ4n) is 2.65. The SMILES string of the molecule is CCOC(=O)c1nnc2ccccc2c1NCC(C)(O)c1ccc(C)o1. The molecule has 0 bridgehead atoms. The number of rotatable bonds is 6. The molecule has 26 heavy (non-hydrogen) atoms. The molecule has 0 saturated heterocycles. The van der Waals surface area contributed by atoms with Gasteiger partial charge in [-0.2, -0.15) is 0 Å². The fraction of sp³-hybridized carbons (Fsp3) is 0.316. The average molecular weight is 355 g/mol. The van der Waals surface area contributed by atoms with E-state index in [0.717, 1.165) is 5.39 Å². The molecule has 2 aromatic heterocycles. The van der Waals surface area contributed by atoms with E-state index in [1.165, 1.54) is 0 Å². The number of carbonyl (C=O) groups is 1. The summed E-state index contributed by atoms with van der Waals surface area (Å²) >= 11 is 0. The van der Waals surface area contributed by atoms with Crippen LogP contribution in [0.25, 0.3) is 10.9 Å². The van der Waals surface area contributed by atoms with Gasteiger partial charge < -0.3 is 19.6 Å². The molecular formula is C19H21N3O4. The van der Waals surface area contributed by atoms with Crippen molar-refractivity contribution in [2.24, 2.45) is 0 Å². The Kier molecular flexibility index (Phi) is 4.90. The molecule has 0 amide bonds. The number of hydrogen-bond acceptors (Lipinski definition) is 7. The number of anilines is 1. The summed E-state index contributed by atoms with van der Waals surface area (Å²) in [6, 6.07) is 10.8. The van der Waals surface area contributed by atoms with E-state index < -0.39 is 11.6 Å². The van der Waals surface area contributed by atoms with Crippen LogP contribution in [0.2, 0.25) is 0 Å². The first kappa shape index (κ1) is 17.9. The van der Waals surface area contributed by atoms with E-state index in [2.05, 4.69) is 15.5 Å². The predicted octanol–water partition coefficient (Wildman–Crippen LogP) is 3.03. The summed E-state index contributed by atoms with van der Waals surface area (Å²) in [4.78, 5) is 12.3. The Morgan fingerprint density at radius 3 is 2.73 bits per heavy atom. The molecule has 7 nitrogen and oxygen atoms in total. The largest absolute Gasteiger partial charge is 0.463 e. The Morgan fingerprint density at radius 1 is 1.27 bits per heavy atom. The minimum absolute atomic E-state index is 0.0805. The van der Waals surface area contributed by atoms with Crippen LogP contribution in [-0.4, -0.2) is 34.4 Å². The van der Waals surface area contributed by atoms with E-state index >= 15 is 0 Å². The summed E-state index contributed by atoms with van der Waals surface area (Å²) in [6.07, 6.45) is 0. The Labute approximate surface area is 151 Å². The number of aliphatic hydroxyl groups is 1. The Balaban J connectivity index is 1.97. The van der Waals surface area contributed by atoms with Crippen LogP contribution in [-0.2, 0) is 10.3 Å². The number of aromatic nitrogens is 2. The molecule has 0 aliphatic rings. The first-order valence-electron chi connectivity index (χ1n) is 8.38. The zero-order valence-corrected chi connectivity index (χ0v) is 14.9. The molecule has 0 spiro atoms. The predicted molar refractivity (Wildman–Crippen MR) is 97.0 cm³/mol. The molecule has 136 valence electrons. The van der Waals surface area contributed by atoms with Crippen molar-refractivity contribution < 1.29 is 19.1 Å². The van der Waals surface area contributed by atoms with E-state index in [1.807, 2.05) is 25.1 Å². The quantitative estimate of drug-likeness (QED) is 0.656. The number of nitrogens with zero attached hydrogens (tertiary/aromatic N) is 2. The molecule has 0 aliphatic carbocycles. The number of fused-ring (bicyclic) bond motifs is 1. The molecule has 3 aromatic rings. The van der Waals surface area contributed by atoms with Crippen LogP contribution in [0.15, 0.2) is 40.8 Å². The maximum Gasteiger partial charge on any atom is 0.361 e. The van der Waals surface area contributed by atoms with Gasteiger partial charge in [-0.1, -0.05) is 18.2 Å². The highest BCUT2D eigenvalue weighted by Crippen LogP contribution is 2.28. The highest BCUT2D eigenvalue weighted by atomic mass is 16.5. The molecule has 0 radical (unpaired) electrons. The van der Waals surface area contributed by atoms with Gasteiger partial charge in [-0.3, -0.25) is 0 Å². The monoisotopic (exact) mass is 355 g/mol. The zero-order valence-electron chi connectivity index (χ0n) is 14.9. The smallest absolute Gasteiger partial charge is 0.361 e. The number of benzene rings is 1. The highest BCUT2D eigenvalue weighted by molar-refractivity contribution is 6.03. The lowest BCUT2D eigenvalue weighted by Crippen LogP contribution is -2.31. The molecule has 0 saturated carbocycles. The van der Waals surface area contributed by atoms with Gasteiger partial charge in [-0.15, -0.1) is 10.2 Å². The second kappa shape index (κ2) is 7.13. The van der Waals surface area contributed by atoms with E-state index in [9.17, 15) is 9.90 Å². The van der Waals surface area contributed by atoms with Gasteiger partial charge in [0.1, 0.15) is 17.1 Å². The van der Waals surface area contributed by atoms with Crippen LogP contribution in [0, 0.1) is 6.92 Å². The van der Waals surface area contributed by atoms with Crippen molar-refractivity contribution in [3.63, 3.8) is 0 Å². The number of hydrogen-bond donors (Lipinski definition) is 2. The van der Waals surface area contributed by atoms with Crippen molar-refractivity contribution >= 4 is 22.6 Å². The molecule has 1 aromatic carbocycles. The summed E-state index contributed by atoms with van der Waals surface area (Å²) in [6.45, 7) is 5.52. The third-order valence-electron chi connectivity index (χ3n) is 4.02. The van der Waals surface area contributed by atoms with Crippen molar-refractivity contribution in [3.8, 4) is 0 Å². The van der Waals surface area contributed by atoms with Crippen molar-refractivity contribution in [2.45, 2.75) is 26.4 Å². The normalized spacial score (nSPS) is 13.4. The van der Waals surface area contributed by atoms with Gasteiger partial charge in [0, 0.05) is 5.39 Å². The second-order valence-corrected chi connectivity index (χ2v) is 6.20. The minimum Gasteiger partial charge on any atom is -0.463 e. The summed E-state index contributed by atoms with van der Waals surface area (Å²) in [5.41, 5.74) is -0.0870. The summed E-state index contributed by atoms with van der Waals surface area (Å²) in [5.74, 6) is 0.580. The Bertz CT molecular complexity index is 933. The molecule has 2 N–H and O–H groups in total. The standard InChI is InChI=1S/C19H21N3O4/c1-4-25-18(23)17-16(13-7-5-6-8-14(13)21-22-17)20-11-19(3,24)15-10-9-12(2)26-15/h5-10,24H,4,11H2,1-3H3,(H,20,21). The third kappa shape index (κ3) is 3.52. The van der Waals surface area contributed by atoms with E-state index in [1.54, 1.807) is 32.0 Å². The highest BCUT2D eigenvalue weighted by Gasteiger charge is 2.28. The summed E-state index contributed by atoms with van der Waals surface area (Å²) < 4.78 is 10.6. The van der Waals surface area contributed by atoms with E-state index in [-0.39, 0.29) is 18.8 Å². The number of ether oxygens (including phenoxy) is 1. The third-order valence-corrected chi connectivity index (χ3v) is 4.02. The van der Waals surface area contributed by atoms with Crippen molar-refractivity contribution in [3.05, 3.63) is 53.6 Å². The van der Waals surface area contributed by atoms with Gasteiger partial charge >= 0.3 is 5.97 Å². The molecule has 1 unspecified atom stereocenters.